The maximum Gasteiger partial charge on any atom is 0.308 e. The number of carboxylic acids is 1. The number of rotatable bonds is 4. The second kappa shape index (κ2) is 6.37. The van der Waals surface area contributed by atoms with Crippen molar-refractivity contribution >= 4 is 5.97 Å². The van der Waals surface area contributed by atoms with Crippen LogP contribution in [0, 0.1) is 5.92 Å². The van der Waals surface area contributed by atoms with Crippen LogP contribution in [0.1, 0.15) is 23.0 Å². The summed E-state index contributed by atoms with van der Waals surface area (Å²) in [4.78, 5) is 18.4. The molecule has 0 aliphatic carbocycles. The summed E-state index contributed by atoms with van der Waals surface area (Å²) >= 11 is 0. The molecule has 4 rings (SSSR count). The lowest BCUT2D eigenvalue weighted by Crippen LogP contribution is -2.26. The second-order valence-electron chi connectivity index (χ2n) is 6.53. The number of aromatic nitrogens is 2. The molecular weight excluding hydrogens is 306 g/mol. The zero-order chi connectivity index (χ0) is 16.5. The predicted octanol–water partition coefficient (Wildman–Crippen LogP) is 1.71. The largest absolute Gasteiger partial charge is 0.481 e. The van der Waals surface area contributed by atoms with Gasteiger partial charge in [-0.05, 0) is 5.56 Å². The van der Waals surface area contributed by atoms with Gasteiger partial charge >= 0.3 is 5.97 Å². The highest BCUT2D eigenvalue weighted by molar-refractivity contribution is 5.72. The molecule has 24 heavy (non-hydrogen) atoms. The van der Waals surface area contributed by atoms with E-state index in [9.17, 15) is 9.90 Å². The highest BCUT2D eigenvalue weighted by Crippen LogP contribution is 2.33. The van der Waals surface area contributed by atoms with E-state index in [2.05, 4.69) is 14.5 Å². The van der Waals surface area contributed by atoms with Crippen molar-refractivity contribution in [2.45, 2.75) is 25.6 Å². The molecular formula is C18H21N3O3. The molecule has 0 amide bonds. The first-order valence-electron chi connectivity index (χ1n) is 8.33. The van der Waals surface area contributed by atoms with Crippen LogP contribution in [-0.4, -0.2) is 45.2 Å². The fourth-order valence-electron chi connectivity index (χ4n) is 3.82. The molecule has 2 aromatic rings. The first kappa shape index (κ1) is 15.4. The van der Waals surface area contributed by atoms with Gasteiger partial charge in [-0.25, -0.2) is 4.98 Å². The average Bonchev–Trinajstić information content (AvgIpc) is 3.21. The highest BCUT2D eigenvalue weighted by Gasteiger charge is 2.38. The van der Waals surface area contributed by atoms with Gasteiger partial charge in [-0.3, -0.25) is 9.69 Å². The van der Waals surface area contributed by atoms with Crippen LogP contribution in [0.5, 0.6) is 0 Å². The smallest absolute Gasteiger partial charge is 0.308 e. The van der Waals surface area contributed by atoms with E-state index >= 15 is 0 Å². The summed E-state index contributed by atoms with van der Waals surface area (Å²) in [5.41, 5.74) is 2.25. The Morgan fingerprint density at radius 1 is 1.29 bits per heavy atom. The molecule has 0 saturated carbocycles. The zero-order valence-electron chi connectivity index (χ0n) is 13.5. The van der Waals surface area contributed by atoms with E-state index in [-0.39, 0.29) is 11.8 Å². The average molecular weight is 327 g/mol. The summed E-state index contributed by atoms with van der Waals surface area (Å²) in [6, 6.07) is 9.98. The fourth-order valence-corrected chi connectivity index (χ4v) is 3.82. The molecule has 6 heteroatoms. The van der Waals surface area contributed by atoms with Gasteiger partial charge in [0.25, 0.3) is 0 Å². The van der Waals surface area contributed by atoms with Crippen LogP contribution in [-0.2, 0) is 29.2 Å². The topological polar surface area (TPSA) is 67.6 Å². The van der Waals surface area contributed by atoms with E-state index in [1.165, 1.54) is 0 Å². The van der Waals surface area contributed by atoms with Crippen LogP contribution in [0.4, 0.5) is 0 Å². The van der Waals surface area contributed by atoms with Crippen LogP contribution >= 0.6 is 0 Å². The molecule has 0 radical (unpaired) electrons. The summed E-state index contributed by atoms with van der Waals surface area (Å²) in [5.74, 6) is -0.0739. The van der Waals surface area contributed by atoms with Crippen molar-refractivity contribution in [3.8, 4) is 0 Å². The van der Waals surface area contributed by atoms with Gasteiger partial charge < -0.3 is 14.4 Å². The van der Waals surface area contributed by atoms with Crippen LogP contribution < -0.4 is 0 Å². The van der Waals surface area contributed by atoms with Gasteiger partial charge in [-0.2, -0.15) is 0 Å². The van der Waals surface area contributed by atoms with Crippen molar-refractivity contribution < 1.29 is 14.6 Å². The Balaban J connectivity index is 1.53. The lowest BCUT2D eigenvalue weighted by atomic mass is 9.89. The number of carbonyl (C=O) groups is 1. The minimum absolute atomic E-state index is 0.0378. The quantitative estimate of drug-likeness (QED) is 0.926. The molecule has 1 fully saturated rings. The number of hydrogen-bond acceptors (Lipinski definition) is 4. The molecule has 0 bridgehead atoms. The molecule has 2 atom stereocenters. The number of benzene rings is 1. The van der Waals surface area contributed by atoms with E-state index < -0.39 is 5.97 Å². The number of carboxylic acid groups (broad SMARTS) is 1. The van der Waals surface area contributed by atoms with Crippen molar-refractivity contribution in [3.05, 3.63) is 53.6 Å². The maximum absolute atomic E-state index is 11.7. The number of hydrogen-bond donors (Lipinski definition) is 1. The van der Waals surface area contributed by atoms with Crippen molar-refractivity contribution in [1.82, 2.24) is 14.5 Å². The van der Waals surface area contributed by atoms with E-state index in [1.807, 2.05) is 36.5 Å². The molecule has 6 nitrogen and oxygen atoms in total. The van der Waals surface area contributed by atoms with Crippen LogP contribution in [0.3, 0.4) is 0 Å². The van der Waals surface area contributed by atoms with E-state index in [0.29, 0.717) is 19.8 Å². The lowest BCUT2D eigenvalue weighted by Gasteiger charge is -2.20. The molecule has 1 saturated heterocycles. The number of fused-ring (bicyclic) bond motifs is 1. The Bertz CT molecular complexity index is 728. The van der Waals surface area contributed by atoms with E-state index in [0.717, 1.165) is 36.7 Å². The standard InChI is InChI=1S/C18H21N3O3/c22-18(23)16-11-20(10-15(16)13-4-2-1-3-5-13)9-14-8-19-17-12-24-7-6-21(14)17/h1-5,8,15-16H,6-7,9-12H2,(H,22,23)/t15-,16+/m0/s1. The minimum atomic E-state index is -0.713. The van der Waals surface area contributed by atoms with Crippen molar-refractivity contribution in [2.75, 3.05) is 19.7 Å². The van der Waals surface area contributed by atoms with E-state index in [1.54, 1.807) is 0 Å². The van der Waals surface area contributed by atoms with Gasteiger partial charge in [-0.1, -0.05) is 30.3 Å². The van der Waals surface area contributed by atoms with Gasteiger partial charge in [0, 0.05) is 38.3 Å². The Morgan fingerprint density at radius 3 is 2.92 bits per heavy atom. The van der Waals surface area contributed by atoms with Crippen molar-refractivity contribution in [3.63, 3.8) is 0 Å². The Hall–Kier alpha value is -2.18. The maximum atomic E-state index is 11.7. The number of nitrogens with zero attached hydrogens (tertiary/aromatic N) is 3. The Kier molecular flexibility index (Phi) is 4.08. The summed E-state index contributed by atoms with van der Waals surface area (Å²) < 4.78 is 7.63. The fraction of sp³-hybridized carbons (Fsp3) is 0.444. The van der Waals surface area contributed by atoms with E-state index in [4.69, 9.17) is 4.74 Å². The summed E-state index contributed by atoms with van der Waals surface area (Å²) in [7, 11) is 0. The van der Waals surface area contributed by atoms with Gasteiger partial charge in [-0.15, -0.1) is 0 Å². The lowest BCUT2D eigenvalue weighted by molar-refractivity contribution is -0.141. The normalized spacial score (nSPS) is 24.0. The van der Waals surface area contributed by atoms with Gasteiger partial charge in [0.2, 0.25) is 0 Å². The number of imidazole rings is 1. The third-order valence-corrected chi connectivity index (χ3v) is 5.04. The molecule has 0 spiro atoms. The first-order chi connectivity index (χ1) is 11.7. The Morgan fingerprint density at radius 2 is 2.12 bits per heavy atom. The number of ether oxygens (including phenoxy) is 1. The third-order valence-electron chi connectivity index (χ3n) is 5.04. The summed E-state index contributed by atoms with van der Waals surface area (Å²) in [5, 5.41) is 9.62. The van der Waals surface area contributed by atoms with Crippen LogP contribution in [0.25, 0.3) is 0 Å². The highest BCUT2D eigenvalue weighted by atomic mass is 16.5. The van der Waals surface area contributed by atoms with Gasteiger partial charge in [0.1, 0.15) is 12.4 Å². The summed E-state index contributed by atoms with van der Waals surface area (Å²) in [6.45, 7) is 4.16. The third kappa shape index (κ3) is 2.83. The van der Waals surface area contributed by atoms with Gasteiger partial charge in [0.05, 0.1) is 18.2 Å². The second-order valence-corrected chi connectivity index (χ2v) is 6.53. The van der Waals surface area contributed by atoms with Crippen molar-refractivity contribution in [2.24, 2.45) is 5.92 Å². The first-order valence-corrected chi connectivity index (χ1v) is 8.33. The van der Waals surface area contributed by atoms with Gasteiger partial charge in [0.15, 0.2) is 0 Å². The molecule has 1 aromatic carbocycles. The number of likely N-dealkylation sites (tertiary alicyclic amines) is 1. The molecule has 126 valence electrons. The monoisotopic (exact) mass is 327 g/mol. The molecule has 1 N–H and O–H groups in total. The molecule has 3 heterocycles. The number of aliphatic carboxylic acids is 1. The van der Waals surface area contributed by atoms with Crippen LogP contribution in [0.2, 0.25) is 0 Å². The zero-order valence-corrected chi connectivity index (χ0v) is 13.5. The van der Waals surface area contributed by atoms with Crippen molar-refractivity contribution in [1.29, 1.82) is 0 Å². The predicted molar refractivity (Wildman–Crippen MR) is 87.5 cm³/mol. The summed E-state index contributed by atoms with van der Waals surface area (Å²) in [6.07, 6.45) is 1.90. The molecule has 2 aliphatic rings. The molecule has 2 aliphatic heterocycles. The molecule has 1 aromatic heterocycles. The van der Waals surface area contributed by atoms with Crippen LogP contribution in [0.15, 0.2) is 36.5 Å². The Labute approximate surface area is 140 Å². The minimum Gasteiger partial charge on any atom is -0.481 e. The molecule has 0 unspecified atom stereocenters. The SMILES string of the molecule is O=C(O)[C@@H]1CN(Cc2cnc3n2CCOC3)C[C@H]1c1ccccc1.